The fourth-order valence-corrected chi connectivity index (χ4v) is 2.65. The highest BCUT2D eigenvalue weighted by Crippen LogP contribution is 2.14. The first-order valence-electron chi connectivity index (χ1n) is 7.60. The highest BCUT2D eigenvalue weighted by molar-refractivity contribution is 6.30. The molecule has 0 saturated carbocycles. The Morgan fingerprint density at radius 2 is 1.96 bits per heavy atom. The molecule has 0 unspecified atom stereocenters. The van der Waals surface area contributed by atoms with E-state index in [4.69, 9.17) is 11.6 Å². The maximum atomic E-state index is 12.0. The Hall–Kier alpha value is -2.33. The van der Waals surface area contributed by atoms with Crippen LogP contribution < -0.4 is 5.32 Å². The third-order valence-corrected chi connectivity index (χ3v) is 3.89. The van der Waals surface area contributed by atoms with Crippen molar-refractivity contribution in [3.05, 3.63) is 65.1 Å². The summed E-state index contributed by atoms with van der Waals surface area (Å²) in [6, 6.07) is 11.5. The highest BCUT2D eigenvalue weighted by atomic mass is 35.5. The van der Waals surface area contributed by atoms with Gasteiger partial charge in [0.1, 0.15) is 5.65 Å². The van der Waals surface area contributed by atoms with E-state index in [2.05, 4.69) is 10.3 Å². The monoisotopic (exact) mass is 327 g/mol. The van der Waals surface area contributed by atoms with E-state index in [1.54, 1.807) is 0 Å². The number of fused-ring (bicyclic) bond motifs is 1. The molecule has 0 radical (unpaired) electrons. The molecule has 1 N–H and O–H groups in total. The van der Waals surface area contributed by atoms with Gasteiger partial charge in [0.2, 0.25) is 5.91 Å². The molecule has 0 spiro atoms. The normalized spacial score (nSPS) is 10.9. The van der Waals surface area contributed by atoms with Gasteiger partial charge in [-0.25, -0.2) is 4.98 Å². The molecular formula is C18H18ClN3O. The van der Waals surface area contributed by atoms with Crippen LogP contribution in [0.25, 0.3) is 5.65 Å². The van der Waals surface area contributed by atoms with Crippen molar-refractivity contribution in [2.75, 3.05) is 5.32 Å². The second-order valence-electron chi connectivity index (χ2n) is 5.59. The first kappa shape index (κ1) is 15.6. The lowest BCUT2D eigenvalue weighted by atomic mass is 10.1. The number of nitrogens with zero attached hydrogens (tertiary/aromatic N) is 2. The summed E-state index contributed by atoms with van der Waals surface area (Å²) >= 11 is 5.86. The summed E-state index contributed by atoms with van der Waals surface area (Å²) in [6.07, 6.45) is 5.98. The Morgan fingerprint density at radius 3 is 2.74 bits per heavy atom. The van der Waals surface area contributed by atoms with Crippen LogP contribution in [0.4, 0.5) is 5.69 Å². The van der Waals surface area contributed by atoms with E-state index in [1.807, 2.05) is 60.1 Å². The number of hydrogen-bond donors (Lipinski definition) is 1. The van der Waals surface area contributed by atoms with E-state index >= 15 is 0 Å². The number of halogens is 1. The van der Waals surface area contributed by atoms with Gasteiger partial charge in [-0.1, -0.05) is 23.7 Å². The molecular weight excluding hydrogens is 310 g/mol. The number of carbonyl (C=O) groups excluding carboxylic acids is 1. The lowest BCUT2D eigenvalue weighted by molar-refractivity contribution is -0.116. The van der Waals surface area contributed by atoms with E-state index in [0.29, 0.717) is 6.42 Å². The van der Waals surface area contributed by atoms with Crippen molar-refractivity contribution < 1.29 is 4.79 Å². The summed E-state index contributed by atoms with van der Waals surface area (Å²) in [4.78, 5) is 16.4. The Kier molecular flexibility index (Phi) is 4.63. The number of rotatable bonds is 5. The maximum Gasteiger partial charge on any atom is 0.224 e. The van der Waals surface area contributed by atoms with Gasteiger partial charge < -0.3 is 9.72 Å². The van der Waals surface area contributed by atoms with Gasteiger partial charge in [-0.2, -0.15) is 0 Å². The molecule has 0 saturated heterocycles. The van der Waals surface area contributed by atoms with Crippen LogP contribution in [0.1, 0.15) is 24.1 Å². The van der Waals surface area contributed by atoms with Crippen molar-refractivity contribution in [1.29, 1.82) is 0 Å². The molecule has 2 heterocycles. The molecule has 1 aromatic carbocycles. The molecule has 4 nitrogen and oxygen atoms in total. The van der Waals surface area contributed by atoms with Gasteiger partial charge in [0.05, 0.1) is 11.4 Å². The van der Waals surface area contributed by atoms with Gasteiger partial charge in [-0.05, 0) is 49.6 Å². The summed E-state index contributed by atoms with van der Waals surface area (Å²) in [5.74, 6) is 0.0233. The van der Waals surface area contributed by atoms with Crippen LogP contribution in [-0.2, 0) is 11.2 Å². The van der Waals surface area contributed by atoms with E-state index in [1.165, 1.54) is 5.56 Å². The standard InChI is InChI=1S/C18H18ClN3O/c1-13-11-22-12-16(9-10-17(22)20-13)21-18(23)4-2-3-14-5-7-15(19)8-6-14/h5-12H,2-4H2,1H3,(H,21,23). The third kappa shape index (κ3) is 4.11. The molecule has 3 aromatic rings. The number of nitrogens with one attached hydrogen (secondary N) is 1. The number of amides is 1. The summed E-state index contributed by atoms with van der Waals surface area (Å²) < 4.78 is 1.92. The Labute approximate surface area is 140 Å². The van der Waals surface area contributed by atoms with Crippen molar-refractivity contribution in [3.8, 4) is 0 Å². The minimum absolute atomic E-state index is 0.0233. The van der Waals surface area contributed by atoms with Crippen molar-refractivity contribution >= 4 is 28.8 Å². The second-order valence-corrected chi connectivity index (χ2v) is 6.03. The number of imidazole rings is 1. The zero-order valence-electron chi connectivity index (χ0n) is 12.9. The average molecular weight is 328 g/mol. The molecule has 0 bridgehead atoms. The number of aromatic nitrogens is 2. The fraction of sp³-hybridized carbons (Fsp3) is 0.222. The van der Waals surface area contributed by atoms with E-state index in [9.17, 15) is 4.79 Å². The van der Waals surface area contributed by atoms with Crippen LogP contribution in [0.5, 0.6) is 0 Å². The van der Waals surface area contributed by atoms with Gasteiger partial charge in [0.15, 0.2) is 0 Å². The number of benzene rings is 1. The number of pyridine rings is 1. The average Bonchev–Trinajstić information content (AvgIpc) is 2.88. The van der Waals surface area contributed by atoms with Crippen molar-refractivity contribution in [2.45, 2.75) is 26.2 Å². The minimum atomic E-state index is 0.0233. The Morgan fingerprint density at radius 1 is 1.17 bits per heavy atom. The zero-order chi connectivity index (χ0) is 16.2. The zero-order valence-corrected chi connectivity index (χ0v) is 13.7. The largest absolute Gasteiger partial charge is 0.325 e. The summed E-state index contributed by atoms with van der Waals surface area (Å²) in [6.45, 7) is 1.95. The molecule has 0 aliphatic rings. The SMILES string of the molecule is Cc1cn2cc(NC(=O)CCCc3ccc(Cl)cc3)ccc2n1. The minimum Gasteiger partial charge on any atom is -0.325 e. The lowest BCUT2D eigenvalue weighted by Crippen LogP contribution is -2.11. The quantitative estimate of drug-likeness (QED) is 0.761. The van der Waals surface area contributed by atoms with Crippen LogP contribution in [0.2, 0.25) is 5.02 Å². The van der Waals surface area contributed by atoms with Crippen molar-refractivity contribution in [2.24, 2.45) is 0 Å². The fourth-order valence-electron chi connectivity index (χ4n) is 2.52. The summed E-state index contributed by atoms with van der Waals surface area (Å²) in [5.41, 5.74) is 3.81. The van der Waals surface area contributed by atoms with Crippen LogP contribution >= 0.6 is 11.6 Å². The van der Waals surface area contributed by atoms with Crippen LogP contribution in [0.15, 0.2) is 48.8 Å². The van der Waals surface area contributed by atoms with Crippen molar-refractivity contribution in [1.82, 2.24) is 9.38 Å². The predicted molar refractivity (Wildman–Crippen MR) is 92.9 cm³/mol. The molecule has 3 rings (SSSR count). The summed E-state index contributed by atoms with van der Waals surface area (Å²) in [7, 11) is 0. The number of carbonyl (C=O) groups is 1. The third-order valence-electron chi connectivity index (χ3n) is 3.64. The predicted octanol–water partition coefficient (Wildman–Crippen LogP) is 4.26. The highest BCUT2D eigenvalue weighted by Gasteiger charge is 2.05. The molecule has 0 atom stereocenters. The Bertz CT molecular complexity index is 824. The van der Waals surface area contributed by atoms with Crippen molar-refractivity contribution in [3.63, 3.8) is 0 Å². The van der Waals surface area contributed by atoms with Gasteiger partial charge in [0.25, 0.3) is 0 Å². The van der Waals surface area contributed by atoms with Gasteiger partial charge >= 0.3 is 0 Å². The molecule has 2 aromatic heterocycles. The van der Waals surface area contributed by atoms with Crippen LogP contribution in [-0.4, -0.2) is 15.3 Å². The number of anilines is 1. The Balaban J connectivity index is 1.52. The van der Waals surface area contributed by atoms with E-state index in [0.717, 1.165) is 34.9 Å². The van der Waals surface area contributed by atoms with Gasteiger partial charge in [-0.15, -0.1) is 0 Å². The summed E-state index contributed by atoms with van der Waals surface area (Å²) in [5, 5.41) is 3.66. The molecule has 0 fully saturated rings. The molecule has 1 amide bonds. The topological polar surface area (TPSA) is 46.4 Å². The molecule has 118 valence electrons. The smallest absolute Gasteiger partial charge is 0.224 e. The molecule has 23 heavy (non-hydrogen) atoms. The molecule has 0 aliphatic carbocycles. The first-order chi connectivity index (χ1) is 11.1. The number of hydrogen-bond acceptors (Lipinski definition) is 2. The first-order valence-corrected chi connectivity index (χ1v) is 7.97. The number of aryl methyl sites for hydroxylation is 2. The lowest BCUT2D eigenvalue weighted by Gasteiger charge is -2.06. The van der Waals surface area contributed by atoms with Gasteiger partial charge in [-0.3, -0.25) is 4.79 Å². The second kappa shape index (κ2) is 6.84. The van der Waals surface area contributed by atoms with Gasteiger partial charge in [0, 0.05) is 23.8 Å². The van der Waals surface area contributed by atoms with Crippen LogP contribution in [0.3, 0.4) is 0 Å². The van der Waals surface area contributed by atoms with Crippen LogP contribution in [0, 0.1) is 6.92 Å². The van der Waals surface area contributed by atoms with E-state index in [-0.39, 0.29) is 5.91 Å². The molecule has 5 heteroatoms. The van der Waals surface area contributed by atoms with E-state index < -0.39 is 0 Å². The maximum absolute atomic E-state index is 12.0. The molecule has 0 aliphatic heterocycles.